The number of benzene rings is 2. The predicted molar refractivity (Wildman–Crippen MR) is 101 cm³/mol. The molecule has 132 valence electrons. The summed E-state index contributed by atoms with van der Waals surface area (Å²) < 4.78 is 7.08. The number of carbonyl (C=O) groups excluding carboxylic acids is 1. The van der Waals surface area contributed by atoms with Crippen molar-refractivity contribution in [3.05, 3.63) is 71.2 Å². The third-order valence-corrected chi connectivity index (χ3v) is 4.37. The van der Waals surface area contributed by atoms with E-state index < -0.39 is 6.09 Å². The van der Waals surface area contributed by atoms with Gasteiger partial charge in [0.1, 0.15) is 12.4 Å². The Bertz CT molecular complexity index is 926. The monoisotopic (exact) mass is 368 g/mol. The van der Waals surface area contributed by atoms with Gasteiger partial charge in [-0.25, -0.2) is 9.48 Å². The summed E-state index contributed by atoms with van der Waals surface area (Å²) in [4.78, 5) is 14.1. The molecule has 1 aromatic heterocycles. The number of halogens is 1. The van der Waals surface area contributed by atoms with Gasteiger partial charge in [0.25, 0.3) is 0 Å². The smallest absolute Gasteiger partial charge is 0.413 e. The first-order chi connectivity index (χ1) is 12.7. The lowest BCUT2D eigenvalue weighted by Crippen LogP contribution is -2.15. The molecular formula is C19H17ClN4O2. The fraction of sp³-hybridized carbons (Fsp3) is 0.158. The molecule has 26 heavy (non-hydrogen) atoms. The van der Waals surface area contributed by atoms with Crippen LogP contribution in [0.3, 0.4) is 0 Å². The highest BCUT2D eigenvalue weighted by Crippen LogP contribution is 2.33. The van der Waals surface area contributed by atoms with Gasteiger partial charge < -0.3 is 9.64 Å². The van der Waals surface area contributed by atoms with E-state index in [2.05, 4.69) is 15.3 Å². The Morgan fingerprint density at radius 3 is 2.77 bits per heavy atom. The normalized spacial score (nSPS) is 12.7. The van der Waals surface area contributed by atoms with Gasteiger partial charge in [-0.15, -0.1) is 0 Å². The van der Waals surface area contributed by atoms with Crippen LogP contribution in [0.15, 0.2) is 60.7 Å². The average Bonchev–Trinajstić information content (AvgIpc) is 3.21. The number of carbonyl (C=O) groups is 1. The number of ether oxygens (including phenoxy) is 1. The quantitative estimate of drug-likeness (QED) is 0.739. The molecule has 4 rings (SSSR count). The highest BCUT2D eigenvalue weighted by atomic mass is 35.5. The van der Waals surface area contributed by atoms with E-state index in [9.17, 15) is 4.79 Å². The fourth-order valence-electron chi connectivity index (χ4n) is 2.93. The molecule has 0 radical (unpaired) electrons. The number of amides is 1. The summed E-state index contributed by atoms with van der Waals surface area (Å²) in [5.41, 5.74) is 1.93. The van der Waals surface area contributed by atoms with Crippen LogP contribution in [0.4, 0.5) is 22.1 Å². The molecule has 0 atom stereocenters. The van der Waals surface area contributed by atoms with Crippen LogP contribution < -0.4 is 10.2 Å². The van der Waals surface area contributed by atoms with Crippen molar-refractivity contribution in [1.29, 1.82) is 0 Å². The number of nitrogens with zero attached hydrogens (tertiary/aromatic N) is 3. The topological polar surface area (TPSA) is 59.4 Å². The van der Waals surface area contributed by atoms with Crippen LogP contribution in [0.25, 0.3) is 0 Å². The van der Waals surface area contributed by atoms with E-state index in [0.29, 0.717) is 10.8 Å². The van der Waals surface area contributed by atoms with Crippen LogP contribution in [-0.2, 0) is 17.9 Å². The fourth-order valence-corrected chi connectivity index (χ4v) is 3.11. The van der Waals surface area contributed by atoms with E-state index in [1.165, 1.54) is 0 Å². The molecule has 1 amide bonds. The lowest BCUT2D eigenvalue weighted by Gasteiger charge is -2.17. The Balaban J connectivity index is 1.42. The van der Waals surface area contributed by atoms with E-state index in [-0.39, 0.29) is 6.61 Å². The van der Waals surface area contributed by atoms with Crippen molar-refractivity contribution in [3.63, 3.8) is 0 Å². The molecule has 1 N–H and O–H groups in total. The first-order valence-electron chi connectivity index (χ1n) is 8.28. The number of aromatic nitrogens is 2. The first kappa shape index (κ1) is 16.5. The number of rotatable bonds is 4. The number of nitrogens with one attached hydrogen (secondary N) is 1. The van der Waals surface area contributed by atoms with Gasteiger partial charge in [-0.2, -0.15) is 5.10 Å². The molecule has 1 aliphatic rings. The van der Waals surface area contributed by atoms with Crippen molar-refractivity contribution >= 4 is 35.0 Å². The van der Waals surface area contributed by atoms with E-state index in [4.69, 9.17) is 16.3 Å². The molecule has 0 saturated heterocycles. The van der Waals surface area contributed by atoms with Crippen molar-refractivity contribution in [2.24, 2.45) is 0 Å². The zero-order valence-corrected chi connectivity index (χ0v) is 14.7. The van der Waals surface area contributed by atoms with Crippen LogP contribution >= 0.6 is 11.6 Å². The lowest BCUT2D eigenvalue weighted by molar-refractivity contribution is 0.155. The maximum Gasteiger partial charge on any atom is 0.413 e. The summed E-state index contributed by atoms with van der Waals surface area (Å²) in [5, 5.41) is 7.78. The Kier molecular flexibility index (Phi) is 4.50. The summed E-state index contributed by atoms with van der Waals surface area (Å²) in [6.45, 7) is 1.76. The summed E-state index contributed by atoms with van der Waals surface area (Å²) in [5.74, 6) is 1.37. The third kappa shape index (κ3) is 3.50. The Labute approximate surface area is 155 Å². The van der Waals surface area contributed by atoms with Gasteiger partial charge in [0.05, 0.1) is 6.54 Å². The van der Waals surface area contributed by atoms with E-state index in [1.54, 1.807) is 0 Å². The summed E-state index contributed by atoms with van der Waals surface area (Å²) >= 11 is 6.09. The van der Waals surface area contributed by atoms with Crippen molar-refractivity contribution in [3.8, 4) is 0 Å². The van der Waals surface area contributed by atoms with Crippen molar-refractivity contribution in [1.82, 2.24) is 9.78 Å². The van der Waals surface area contributed by atoms with Crippen LogP contribution in [0.5, 0.6) is 0 Å². The second kappa shape index (κ2) is 7.09. The minimum atomic E-state index is -0.528. The van der Waals surface area contributed by atoms with Gasteiger partial charge in [0.15, 0.2) is 5.82 Å². The molecular weight excluding hydrogens is 352 g/mol. The molecule has 0 unspecified atom stereocenters. The molecule has 0 spiro atoms. The molecule has 0 aliphatic carbocycles. The van der Waals surface area contributed by atoms with E-state index in [0.717, 1.165) is 30.2 Å². The Morgan fingerprint density at radius 2 is 1.96 bits per heavy atom. The zero-order chi connectivity index (χ0) is 17.9. The second-order valence-corrected chi connectivity index (χ2v) is 6.37. The lowest BCUT2D eigenvalue weighted by atomic mass is 10.2. The molecule has 7 heteroatoms. The number of fused-ring (bicyclic) bond motifs is 1. The molecule has 0 bridgehead atoms. The standard InChI is InChI=1S/C19H17ClN4O2/c20-15-7-4-8-16(11-15)23-9-10-24-18(23)12-17(22-24)21-19(25)26-13-14-5-2-1-3-6-14/h1-8,11-12H,9-10,13H2,(H,21,22,25). The van der Waals surface area contributed by atoms with E-state index in [1.807, 2.05) is 65.3 Å². The van der Waals surface area contributed by atoms with Crippen LogP contribution in [0, 0.1) is 0 Å². The average molecular weight is 369 g/mol. The van der Waals surface area contributed by atoms with Gasteiger partial charge in [0, 0.05) is 23.3 Å². The molecule has 3 aromatic rings. The van der Waals surface area contributed by atoms with Gasteiger partial charge in [-0.1, -0.05) is 48.0 Å². The SMILES string of the molecule is O=C(Nc1cc2n(n1)CCN2c1cccc(Cl)c1)OCc1ccccc1. The molecule has 2 heterocycles. The van der Waals surface area contributed by atoms with Gasteiger partial charge in [-0.05, 0) is 23.8 Å². The van der Waals surface area contributed by atoms with Crippen molar-refractivity contribution < 1.29 is 9.53 Å². The Morgan fingerprint density at radius 1 is 1.12 bits per heavy atom. The van der Waals surface area contributed by atoms with Crippen molar-refractivity contribution in [2.75, 3.05) is 16.8 Å². The number of anilines is 3. The number of hydrogen-bond acceptors (Lipinski definition) is 4. The Hall–Kier alpha value is -2.99. The highest BCUT2D eigenvalue weighted by Gasteiger charge is 2.23. The minimum Gasteiger partial charge on any atom is -0.444 e. The molecule has 2 aromatic carbocycles. The first-order valence-corrected chi connectivity index (χ1v) is 8.65. The van der Waals surface area contributed by atoms with Gasteiger partial charge in [-0.3, -0.25) is 5.32 Å². The summed E-state index contributed by atoms with van der Waals surface area (Å²) in [6, 6.07) is 19.0. The zero-order valence-electron chi connectivity index (χ0n) is 13.9. The van der Waals surface area contributed by atoms with Crippen LogP contribution in [-0.4, -0.2) is 22.4 Å². The van der Waals surface area contributed by atoms with Crippen LogP contribution in [0.1, 0.15) is 5.56 Å². The molecule has 0 saturated carbocycles. The van der Waals surface area contributed by atoms with Gasteiger partial charge in [0.2, 0.25) is 0 Å². The maximum atomic E-state index is 12.0. The highest BCUT2D eigenvalue weighted by molar-refractivity contribution is 6.30. The molecule has 1 aliphatic heterocycles. The molecule has 0 fully saturated rings. The van der Waals surface area contributed by atoms with E-state index >= 15 is 0 Å². The van der Waals surface area contributed by atoms with Gasteiger partial charge >= 0.3 is 6.09 Å². The second-order valence-electron chi connectivity index (χ2n) is 5.93. The summed E-state index contributed by atoms with van der Waals surface area (Å²) in [7, 11) is 0. The third-order valence-electron chi connectivity index (χ3n) is 4.13. The molecule has 6 nitrogen and oxygen atoms in total. The summed E-state index contributed by atoms with van der Waals surface area (Å²) in [6.07, 6.45) is -0.528. The predicted octanol–water partition coefficient (Wildman–Crippen LogP) is 4.44. The maximum absolute atomic E-state index is 12.0. The van der Waals surface area contributed by atoms with Crippen LogP contribution in [0.2, 0.25) is 5.02 Å². The largest absolute Gasteiger partial charge is 0.444 e. The number of hydrogen-bond donors (Lipinski definition) is 1. The minimum absolute atomic E-state index is 0.217. The van der Waals surface area contributed by atoms with Crippen molar-refractivity contribution in [2.45, 2.75) is 13.2 Å².